The lowest BCUT2D eigenvalue weighted by molar-refractivity contribution is -0.114. The number of amides is 3. The van der Waals surface area contributed by atoms with E-state index in [2.05, 4.69) is 16.0 Å². The number of ether oxygens (including phenoxy) is 1. The highest BCUT2D eigenvalue weighted by atomic mass is 32.2. The number of furan rings is 1. The summed E-state index contributed by atoms with van der Waals surface area (Å²) in [5.74, 6) is 0.214. The largest absolute Gasteiger partial charge is 0.497 e. The van der Waals surface area contributed by atoms with Crippen molar-refractivity contribution in [3.05, 3.63) is 114 Å². The van der Waals surface area contributed by atoms with Crippen molar-refractivity contribution in [3.63, 3.8) is 0 Å². The molecular formula is C29H25N3O5S. The highest BCUT2D eigenvalue weighted by Gasteiger charge is 2.16. The van der Waals surface area contributed by atoms with Gasteiger partial charge in [-0.15, -0.1) is 11.8 Å². The van der Waals surface area contributed by atoms with Crippen LogP contribution >= 0.6 is 11.8 Å². The fraction of sp³-hybridized carbons (Fsp3) is 0.0690. The van der Waals surface area contributed by atoms with E-state index >= 15 is 0 Å². The number of rotatable bonds is 10. The highest BCUT2D eigenvalue weighted by molar-refractivity contribution is 8.00. The van der Waals surface area contributed by atoms with Gasteiger partial charge in [0.1, 0.15) is 17.2 Å². The van der Waals surface area contributed by atoms with Crippen LogP contribution in [0.2, 0.25) is 0 Å². The fourth-order valence-electron chi connectivity index (χ4n) is 3.34. The van der Waals surface area contributed by atoms with Crippen LogP contribution in [0.25, 0.3) is 6.08 Å². The second-order valence-corrected chi connectivity index (χ2v) is 8.99. The third kappa shape index (κ3) is 7.62. The lowest BCUT2D eigenvalue weighted by Gasteiger charge is -2.11. The maximum Gasteiger partial charge on any atom is 0.272 e. The monoisotopic (exact) mass is 527 g/mol. The minimum Gasteiger partial charge on any atom is -0.497 e. The average molecular weight is 528 g/mol. The lowest BCUT2D eigenvalue weighted by atomic mass is 10.2. The molecule has 0 spiro atoms. The van der Waals surface area contributed by atoms with Gasteiger partial charge in [-0.3, -0.25) is 14.4 Å². The summed E-state index contributed by atoms with van der Waals surface area (Å²) in [6.07, 6.45) is 2.94. The summed E-state index contributed by atoms with van der Waals surface area (Å²) < 4.78 is 10.5. The van der Waals surface area contributed by atoms with Crippen LogP contribution in [0.15, 0.2) is 112 Å². The number of hydrogen-bond acceptors (Lipinski definition) is 6. The molecule has 1 heterocycles. The molecule has 3 aromatic carbocycles. The standard InChI is InChI=1S/C29H25N3O5S/c1-36-23-10-5-9-22(17-23)30-27(33)19-38-25-14-12-21(13-15-25)31-29(35)26(18-24-11-6-16-37-24)32-28(34)20-7-3-2-4-8-20/h2-18H,19H2,1H3,(H,30,33)(H,31,35)(H,32,34)/b26-18-. The Kier molecular flexibility index (Phi) is 8.98. The van der Waals surface area contributed by atoms with Crippen LogP contribution in [-0.4, -0.2) is 30.6 Å². The van der Waals surface area contributed by atoms with E-state index in [0.29, 0.717) is 28.4 Å². The number of benzene rings is 3. The van der Waals surface area contributed by atoms with E-state index in [-0.39, 0.29) is 17.4 Å². The number of carbonyl (C=O) groups excluding carboxylic acids is 3. The van der Waals surface area contributed by atoms with Gasteiger partial charge in [-0.25, -0.2) is 0 Å². The summed E-state index contributed by atoms with van der Waals surface area (Å²) in [6.45, 7) is 0. The van der Waals surface area contributed by atoms with Crippen molar-refractivity contribution in [1.29, 1.82) is 0 Å². The first-order valence-corrected chi connectivity index (χ1v) is 12.6. The van der Waals surface area contributed by atoms with Crippen molar-refractivity contribution in [2.24, 2.45) is 0 Å². The van der Waals surface area contributed by atoms with E-state index in [0.717, 1.165) is 4.90 Å². The predicted octanol–water partition coefficient (Wildman–Crippen LogP) is 5.43. The SMILES string of the molecule is COc1cccc(NC(=O)CSc2ccc(NC(=O)/C(=C/c3ccco3)NC(=O)c3ccccc3)cc2)c1. The first kappa shape index (κ1) is 26.3. The molecule has 0 aliphatic carbocycles. The second-order valence-electron chi connectivity index (χ2n) is 7.94. The van der Waals surface area contributed by atoms with E-state index in [1.54, 1.807) is 98.1 Å². The van der Waals surface area contributed by atoms with Crippen LogP contribution in [0.4, 0.5) is 11.4 Å². The molecule has 0 fully saturated rings. The third-order valence-electron chi connectivity index (χ3n) is 5.19. The van der Waals surface area contributed by atoms with Crippen molar-refractivity contribution in [3.8, 4) is 5.75 Å². The van der Waals surface area contributed by atoms with Crippen LogP contribution in [0.1, 0.15) is 16.1 Å². The first-order valence-electron chi connectivity index (χ1n) is 11.6. The van der Waals surface area contributed by atoms with Gasteiger partial charge in [0.05, 0.1) is 19.1 Å². The molecule has 0 bridgehead atoms. The van der Waals surface area contributed by atoms with Crippen LogP contribution < -0.4 is 20.7 Å². The molecule has 9 heteroatoms. The minimum atomic E-state index is -0.510. The van der Waals surface area contributed by atoms with Gasteiger partial charge in [0.15, 0.2) is 0 Å². The summed E-state index contributed by atoms with van der Waals surface area (Å²) in [5, 5.41) is 8.28. The zero-order valence-electron chi connectivity index (χ0n) is 20.5. The van der Waals surface area contributed by atoms with Gasteiger partial charge in [0, 0.05) is 34.0 Å². The van der Waals surface area contributed by atoms with E-state index in [1.807, 2.05) is 0 Å². The molecule has 1 aromatic heterocycles. The van der Waals surface area contributed by atoms with E-state index in [4.69, 9.17) is 9.15 Å². The second kappa shape index (κ2) is 13.0. The van der Waals surface area contributed by atoms with E-state index in [1.165, 1.54) is 24.1 Å². The van der Waals surface area contributed by atoms with Crippen molar-refractivity contribution >= 4 is 46.9 Å². The van der Waals surface area contributed by atoms with Crippen molar-refractivity contribution in [2.45, 2.75) is 4.90 Å². The van der Waals surface area contributed by atoms with Crippen molar-refractivity contribution in [2.75, 3.05) is 23.5 Å². The van der Waals surface area contributed by atoms with E-state index < -0.39 is 11.8 Å². The molecule has 192 valence electrons. The molecular weight excluding hydrogens is 502 g/mol. The fourth-order valence-corrected chi connectivity index (χ4v) is 4.04. The first-order chi connectivity index (χ1) is 18.5. The Labute approximate surface area is 224 Å². The van der Waals surface area contributed by atoms with Gasteiger partial charge >= 0.3 is 0 Å². The van der Waals surface area contributed by atoms with Crippen LogP contribution in [0.5, 0.6) is 5.75 Å². The van der Waals surface area contributed by atoms with Gasteiger partial charge in [0.25, 0.3) is 11.8 Å². The molecule has 38 heavy (non-hydrogen) atoms. The Balaban J connectivity index is 1.35. The van der Waals surface area contributed by atoms with E-state index in [9.17, 15) is 14.4 Å². The molecule has 3 amide bonds. The van der Waals surface area contributed by atoms with Gasteiger partial charge in [-0.2, -0.15) is 0 Å². The molecule has 0 aliphatic rings. The maximum absolute atomic E-state index is 13.0. The summed E-state index contributed by atoms with van der Waals surface area (Å²) in [6, 6.07) is 26.2. The average Bonchev–Trinajstić information content (AvgIpc) is 3.46. The molecule has 0 radical (unpaired) electrons. The molecule has 4 rings (SSSR count). The number of thioether (sulfide) groups is 1. The molecule has 0 atom stereocenters. The smallest absolute Gasteiger partial charge is 0.272 e. The summed E-state index contributed by atoms with van der Waals surface area (Å²) >= 11 is 1.36. The molecule has 4 aromatic rings. The molecule has 0 saturated heterocycles. The Morgan fingerprint density at radius 3 is 2.37 bits per heavy atom. The topological polar surface area (TPSA) is 110 Å². The summed E-state index contributed by atoms with van der Waals surface area (Å²) in [7, 11) is 1.57. The Hall–Kier alpha value is -4.76. The number of methoxy groups -OCH3 is 1. The number of anilines is 2. The van der Waals surface area contributed by atoms with Gasteiger partial charge < -0.3 is 25.1 Å². The lowest BCUT2D eigenvalue weighted by Crippen LogP contribution is -2.30. The third-order valence-corrected chi connectivity index (χ3v) is 6.21. The molecule has 0 saturated carbocycles. The number of hydrogen-bond donors (Lipinski definition) is 3. The van der Waals surface area contributed by atoms with Gasteiger partial charge in [-0.1, -0.05) is 24.3 Å². The normalized spacial score (nSPS) is 10.9. The predicted molar refractivity (Wildman–Crippen MR) is 148 cm³/mol. The van der Waals surface area contributed by atoms with Crippen molar-refractivity contribution in [1.82, 2.24) is 5.32 Å². The Morgan fingerprint density at radius 1 is 0.868 bits per heavy atom. The zero-order valence-corrected chi connectivity index (χ0v) is 21.3. The minimum absolute atomic E-state index is 0.0291. The van der Waals surface area contributed by atoms with Gasteiger partial charge in [0.2, 0.25) is 5.91 Å². The molecule has 8 nitrogen and oxygen atoms in total. The molecule has 0 unspecified atom stereocenters. The Bertz CT molecular complexity index is 1420. The number of carbonyl (C=O) groups is 3. The maximum atomic E-state index is 13.0. The zero-order chi connectivity index (χ0) is 26.7. The van der Waals surface area contributed by atoms with Crippen LogP contribution in [0, 0.1) is 0 Å². The van der Waals surface area contributed by atoms with Crippen LogP contribution in [0.3, 0.4) is 0 Å². The van der Waals surface area contributed by atoms with Gasteiger partial charge in [-0.05, 0) is 60.7 Å². The summed E-state index contributed by atoms with van der Waals surface area (Å²) in [5.41, 5.74) is 1.63. The van der Waals surface area contributed by atoms with Crippen molar-refractivity contribution < 1.29 is 23.5 Å². The molecule has 3 N–H and O–H groups in total. The summed E-state index contributed by atoms with van der Waals surface area (Å²) in [4.78, 5) is 38.8. The molecule has 0 aliphatic heterocycles. The number of nitrogens with one attached hydrogen (secondary N) is 3. The van der Waals surface area contributed by atoms with Crippen LogP contribution in [-0.2, 0) is 9.59 Å². The Morgan fingerprint density at radius 2 is 1.66 bits per heavy atom. The highest BCUT2D eigenvalue weighted by Crippen LogP contribution is 2.22. The quantitative estimate of drug-likeness (QED) is 0.187.